The molecule has 1 amide bonds. The van der Waals surface area contributed by atoms with Crippen molar-refractivity contribution in [3.63, 3.8) is 0 Å². The summed E-state index contributed by atoms with van der Waals surface area (Å²) in [5.41, 5.74) is 2.82. The summed E-state index contributed by atoms with van der Waals surface area (Å²) in [5.74, 6) is 2.10. The molecule has 0 saturated carbocycles. The van der Waals surface area contributed by atoms with Gasteiger partial charge in [-0.25, -0.2) is 9.97 Å². The number of fused-ring (bicyclic) bond motifs is 1. The number of amides is 1. The number of carbonyl (C=O) groups is 1. The second-order valence-electron chi connectivity index (χ2n) is 7.63. The summed E-state index contributed by atoms with van der Waals surface area (Å²) >= 11 is 0. The maximum atomic E-state index is 13.0. The Labute approximate surface area is 171 Å². The van der Waals surface area contributed by atoms with Gasteiger partial charge in [0.1, 0.15) is 0 Å². The summed E-state index contributed by atoms with van der Waals surface area (Å²) < 4.78 is 10.8. The van der Waals surface area contributed by atoms with Crippen LogP contribution < -0.4 is 14.4 Å². The second kappa shape index (κ2) is 8.68. The van der Waals surface area contributed by atoms with Crippen LogP contribution in [0.25, 0.3) is 0 Å². The van der Waals surface area contributed by atoms with E-state index in [1.165, 1.54) is 31.2 Å². The van der Waals surface area contributed by atoms with Crippen LogP contribution in [0, 0.1) is 0 Å². The fourth-order valence-corrected chi connectivity index (χ4v) is 4.10. The zero-order chi connectivity index (χ0) is 20.2. The molecule has 1 fully saturated rings. The molecule has 2 aliphatic heterocycles. The van der Waals surface area contributed by atoms with Gasteiger partial charge in [0.15, 0.2) is 11.5 Å². The Hall–Kier alpha value is -2.83. The van der Waals surface area contributed by atoms with Crippen molar-refractivity contribution in [2.45, 2.75) is 38.6 Å². The minimum absolute atomic E-state index is 0.0344. The number of rotatable bonds is 4. The number of hydrogen-bond acceptors (Lipinski definition) is 6. The van der Waals surface area contributed by atoms with E-state index in [4.69, 9.17) is 9.47 Å². The molecule has 1 aromatic heterocycles. The van der Waals surface area contributed by atoms with Gasteiger partial charge in [-0.15, -0.1) is 0 Å². The SMILES string of the molecule is COc1cc2c(cc1OC)CN(C(=O)c1cnc(N3CCCCCC3)nc1)CC2. The molecule has 29 heavy (non-hydrogen) atoms. The minimum atomic E-state index is -0.0344. The number of benzene rings is 1. The highest BCUT2D eigenvalue weighted by Gasteiger charge is 2.24. The Balaban J connectivity index is 1.47. The lowest BCUT2D eigenvalue weighted by Crippen LogP contribution is -2.36. The molecule has 2 aliphatic rings. The predicted octanol–water partition coefficient (Wildman–Crippen LogP) is 3.07. The van der Waals surface area contributed by atoms with Crippen molar-refractivity contribution in [3.8, 4) is 11.5 Å². The Morgan fingerprint density at radius 3 is 2.14 bits per heavy atom. The van der Waals surface area contributed by atoms with E-state index in [2.05, 4.69) is 14.9 Å². The summed E-state index contributed by atoms with van der Waals surface area (Å²) in [4.78, 5) is 26.0. The van der Waals surface area contributed by atoms with Crippen LogP contribution >= 0.6 is 0 Å². The Morgan fingerprint density at radius 1 is 0.897 bits per heavy atom. The number of methoxy groups -OCH3 is 2. The van der Waals surface area contributed by atoms with Crippen molar-refractivity contribution >= 4 is 11.9 Å². The molecule has 0 atom stereocenters. The molecule has 7 heteroatoms. The Kier molecular flexibility index (Phi) is 5.83. The van der Waals surface area contributed by atoms with E-state index in [9.17, 15) is 4.79 Å². The molecular formula is C22H28N4O3. The fraction of sp³-hybridized carbons (Fsp3) is 0.500. The number of aromatic nitrogens is 2. The average Bonchev–Trinajstić information content (AvgIpc) is 3.07. The third kappa shape index (κ3) is 4.13. The second-order valence-corrected chi connectivity index (χ2v) is 7.63. The first-order valence-corrected chi connectivity index (χ1v) is 10.3. The van der Waals surface area contributed by atoms with Gasteiger partial charge in [-0.1, -0.05) is 12.8 Å². The van der Waals surface area contributed by atoms with Gasteiger partial charge in [-0.2, -0.15) is 0 Å². The highest BCUT2D eigenvalue weighted by Crippen LogP contribution is 2.33. The van der Waals surface area contributed by atoms with Gasteiger partial charge in [-0.05, 0) is 42.5 Å². The van der Waals surface area contributed by atoms with Gasteiger partial charge < -0.3 is 19.3 Å². The van der Waals surface area contributed by atoms with Crippen LogP contribution in [0.15, 0.2) is 24.5 Å². The van der Waals surface area contributed by atoms with Crippen molar-refractivity contribution < 1.29 is 14.3 Å². The van der Waals surface area contributed by atoms with E-state index in [1.807, 2.05) is 17.0 Å². The van der Waals surface area contributed by atoms with Gasteiger partial charge >= 0.3 is 0 Å². The zero-order valence-corrected chi connectivity index (χ0v) is 17.2. The summed E-state index contributed by atoms with van der Waals surface area (Å²) in [7, 11) is 3.26. The van der Waals surface area contributed by atoms with Gasteiger partial charge in [-0.3, -0.25) is 4.79 Å². The van der Waals surface area contributed by atoms with Gasteiger partial charge in [0.2, 0.25) is 5.95 Å². The molecule has 1 saturated heterocycles. The van der Waals surface area contributed by atoms with Crippen molar-refractivity contribution in [2.24, 2.45) is 0 Å². The standard InChI is InChI=1S/C22H28N4O3/c1-28-19-11-16-7-10-26(15-17(16)12-20(19)29-2)21(27)18-13-23-22(24-14-18)25-8-5-3-4-6-9-25/h11-14H,3-10,15H2,1-2H3. The highest BCUT2D eigenvalue weighted by atomic mass is 16.5. The van der Waals surface area contributed by atoms with Gasteiger partial charge in [0, 0.05) is 38.6 Å². The molecule has 2 aromatic rings. The lowest BCUT2D eigenvalue weighted by Gasteiger charge is -2.29. The molecule has 0 radical (unpaired) electrons. The lowest BCUT2D eigenvalue weighted by molar-refractivity contribution is 0.0733. The highest BCUT2D eigenvalue weighted by molar-refractivity contribution is 5.93. The smallest absolute Gasteiger partial charge is 0.257 e. The van der Waals surface area contributed by atoms with Crippen molar-refractivity contribution in [1.29, 1.82) is 0 Å². The summed E-state index contributed by atoms with van der Waals surface area (Å²) in [5, 5.41) is 0. The average molecular weight is 396 g/mol. The molecule has 154 valence electrons. The minimum Gasteiger partial charge on any atom is -0.493 e. The van der Waals surface area contributed by atoms with Crippen LogP contribution in [-0.2, 0) is 13.0 Å². The normalized spacial score (nSPS) is 16.8. The summed E-state index contributed by atoms with van der Waals surface area (Å²) in [6.07, 6.45) is 8.99. The fourth-order valence-electron chi connectivity index (χ4n) is 4.10. The van der Waals surface area contributed by atoms with E-state index < -0.39 is 0 Å². The van der Waals surface area contributed by atoms with Crippen molar-refractivity contribution in [2.75, 3.05) is 38.8 Å². The molecule has 1 aromatic carbocycles. The Bertz CT molecular complexity index is 861. The van der Waals surface area contributed by atoms with E-state index in [0.717, 1.165) is 36.8 Å². The van der Waals surface area contributed by atoms with Crippen LogP contribution in [0.2, 0.25) is 0 Å². The third-order valence-electron chi connectivity index (χ3n) is 5.78. The number of hydrogen-bond donors (Lipinski definition) is 0. The van der Waals surface area contributed by atoms with Crippen molar-refractivity contribution in [1.82, 2.24) is 14.9 Å². The number of nitrogens with zero attached hydrogens (tertiary/aromatic N) is 4. The molecule has 3 heterocycles. The van der Waals surface area contributed by atoms with Crippen molar-refractivity contribution in [3.05, 3.63) is 41.2 Å². The molecule has 0 unspecified atom stereocenters. The number of carbonyl (C=O) groups excluding carboxylic acids is 1. The molecule has 4 rings (SSSR count). The largest absolute Gasteiger partial charge is 0.493 e. The number of ether oxygens (including phenoxy) is 2. The quantitative estimate of drug-likeness (QED) is 0.791. The maximum absolute atomic E-state index is 13.0. The number of anilines is 1. The van der Waals surface area contributed by atoms with E-state index in [0.29, 0.717) is 24.4 Å². The monoisotopic (exact) mass is 396 g/mol. The Morgan fingerprint density at radius 2 is 1.52 bits per heavy atom. The molecule has 0 aliphatic carbocycles. The van der Waals surface area contributed by atoms with Crippen LogP contribution in [0.1, 0.15) is 47.2 Å². The van der Waals surface area contributed by atoms with E-state index in [1.54, 1.807) is 26.6 Å². The van der Waals surface area contributed by atoms with Crippen LogP contribution in [0.5, 0.6) is 11.5 Å². The van der Waals surface area contributed by atoms with Gasteiger partial charge in [0.05, 0.1) is 19.8 Å². The first-order valence-electron chi connectivity index (χ1n) is 10.3. The third-order valence-corrected chi connectivity index (χ3v) is 5.78. The molecule has 7 nitrogen and oxygen atoms in total. The predicted molar refractivity (Wildman–Crippen MR) is 111 cm³/mol. The summed E-state index contributed by atoms with van der Waals surface area (Å²) in [6.45, 7) is 3.18. The topological polar surface area (TPSA) is 67.8 Å². The molecule has 0 spiro atoms. The maximum Gasteiger partial charge on any atom is 0.257 e. The van der Waals surface area contributed by atoms with Crippen LogP contribution in [0.3, 0.4) is 0 Å². The van der Waals surface area contributed by atoms with Crippen LogP contribution in [-0.4, -0.2) is 54.6 Å². The van der Waals surface area contributed by atoms with E-state index in [-0.39, 0.29) is 5.91 Å². The molecule has 0 N–H and O–H groups in total. The summed E-state index contributed by atoms with van der Waals surface area (Å²) in [6, 6.07) is 3.97. The first-order chi connectivity index (χ1) is 14.2. The first kappa shape index (κ1) is 19.5. The lowest BCUT2D eigenvalue weighted by atomic mass is 9.98. The van der Waals surface area contributed by atoms with E-state index >= 15 is 0 Å². The van der Waals surface area contributed by atoms with Gasteiger partial charge in [0.25, 0.3) is 5.91 Å². The molecular weight excluding hydrogens is 368 g/mol. The molecule has 0 bridgehead atoms. The zero-order valence-electron chi connectivity index (χ0n) is 17.2. The van der Waals surface area contributed by atoms with Crippen LogP contribution in [0.4, 0.5) is 5.95 Å².